The Morgan fingerprint density at radius 3 is 2.91 bits per heavy atom. The molecule has 0 radical (unpaired) electrons. The molecule has 0 amide bonds. The number of ether oxygens (including phenoxy) is 1. The number of hydrogen-bond acceptors (Lipinski definition) is 3. The van der Waals surface area contributed by atoms with Crippen molar-refractivity contribution in [1.82, 2.24) is 0 Å². The first kappa shape index (κ1) is 7.61. The van der Waals surface area contributed by atoms with Gasteiger partial charge >= 0.3 is 6.16 Å². The Hall–Kier alpha value is -1.50. The monoisotopic (exact) mass is 153 g/mol. The van der Waals surface area contributed by atoms with E-state index in [1.807, 2.05) is 6.07 Å². The summed E-state index contributed by atoms with van der Waals surface area (Å²) in [5.74, 6) is -0.136. The standard InChI is InChI=1S/C7H7NO3/c1-2-5-3-7(5,4-8)11-6(9)10/h2,5H,1,3H2,(H,9,10). The fourth-order valence-corrected chi connectivity index (χ4v) is 0.966. The largest absolute Gasteiger partial charge is 0.507 e. The van der Waals surface area contributed by atoms with E-state index in [-0.39, 0.29) is 5.92 Å². The summed E-state index contributed by atoms with van der Waals surface area (Å²) in [6.45, 7) is 3.45. The number of carbonyl (C=O) groups is 1. The molecule has 1 fully saturated rings. The van der Waals surface area contributed by atoms with Gasteiger partial charge < -0.3 is 9.84 Å². The zero-order valence-corrected chi connectivity index (χ0v) is 5.78. The number of rotatable bonds is 2. The third-order valence-electron chi connectivity index (χ3n) is 1.71. The Bertz CT molecular complexity index is 243. The molecule has 1 rings (SSSR count). The van der Waals surface area contributed by atoms with Crippen LogP contribution in [-0.2, 0) is 4.74 Å². The van der Waals surface area contributed by atoms with Crippen molar-refractivity contribution >= 4 is 6.16 Å². The predicted molar refractivity (Wildman–Crippen MR) is 35.8 cm³/mol. The maximum absolute atomic E-state index is 10.1. The Labute approximate surface area is 63.7 Å². The van der Waals surface area contributed by atoms with Gasteiger partial charge in [-0.2, -0.15) is 5.26 Å². The smallest absolute Gasteiger partial charge is 0.450 e. The highest BCUT2D eigenvalue weighted by atomic mass is 16.7. The van der Waals surface area contributed by atoms with Crippen LogP contribution in [0, 0.1) is 17.2 Å². The quantitative estimate of drug-likeness (QED) is 0.477. The molecule has 1 aliphatic rings. The fourth-order valence-electron chi connectivity index (χ4n) is 0.966. The van der Waals surface area contributed by atoms with E-state index in [0.717, 1.165) is 0 Å². The molecule has 0 heterocycles. The predicted octanol–water partition coefficient (Wildman–Crippen LogP) is 1.15. The lowest BCUT2D eigenvalue weighted by atomic mass is 10.3. The molecule has 11 heavy (non-hydrogen) atoms. The molecule has 58 valence electrons. The van der Waals surface area contributed by atoms with Gasteiger partial charge in [-0.1, -0.05) is 6.08 Å². The summed E-state index contributed by atoms with van der Waals surface area (Å²) in [7, 11) is 0. The highest BCUT2D eigenvalue weighted by molar-refractivity contribution is 5.59. The van der Waals surface area contributed by atoms with Crippen LogP contribution in [0.3, 0.4) is 0 Å². The van der Waals surface area contributed by atoms with Gasteiger partial charge in [0.25, 0.3) is 0 Å². The van der Waals surface area contributed by atoms with Gasteiger partial charge in [0.05, 0.1) is 0 Å². The number of nitriles is 1. The van der Waals surface area contributed by atoms with Crippen molar-refractivity contribution in [1.29, 1.82) is 5.26 Å². The van der Waals surface area contributed by atoms with Gasteiger partial charge in [0.1, 0.15) is 6.07 Å². The van der Waals surface area contributed by atoms with Gasteiger partial charge in [-0.15, -0.1) is 6.58 Å². The van der Waals surface area contributed by atoms with E-state index in [1.165, 1.54) is 6.08 Å². The van der Waals surface area contributed by atoms with Crippen LogP contribution in [0.5, 0.6) is 0 Å². The van der Waals surface area contributed by atoms with Gasteiger partial charge in [0, 0.05) is 12.3 Å². The molecule has 0 aromatic carbocycles. The highest BCUT2D eigenvalue weighted by Gasteiger charge is 2.57. The molecule has 1 aliphatic carbocycles. The molecule has 1 N–H and O–H groups in total. The maximum Gasteiger partial charge on any atom is 0.507 e. The molecule has 2 atom stereocenters. The summed E-state index contributed by atoms with van der Waals surface area (Å²) in [5, 5.41) is 16.7. The van der Waals surface area contributed by atoms with Gasteiger partial charge in [-0.3, -0.25) is 0 Å². The van der Waals surface area contributed by atoms with Crippen molar-refractivity contribution < 1.29 is 14.6 Å². The van der Waals surface area contributed by atoms with Crippen molar-refractivity contribution in [3.05, 3.63) is 12.7 Å². The van der Waals surface area contributed by atoms with E-state index in [2.05, 4.69) is 11.3 Å². The number of carboxylic acid groups (broad SMARTS) is 1. The van der Waals surface area contributed by atoms with Crippen molar-refractivity contribution in [2.24, 2.45) is 5.92 Å². The van der Waals surface area contributed by atoms with Crippen LogP contribution < -0.4 is 0 Å². The van der Waals surface area contributed by atoms with Crippen LogP contribution in [-0.4, -0.2) is 16.9 Å². The first-order valence-electron chi connectivity index (χ1n) is 3.10. The van der Waals surface area contributed by atoms with Gasteiger partial charge in [0.2, 0.25) is 5.60 Å². The van der Waals surface area contributed by atoms with E-state index in [4.69, 9.17) is 10.4 Å². The van der Waals surface area contributed by atoms with E-state index >= 15 is 0 Å². The molecular formula is C7H7NO3. The molecule has 0 bridgehead atoms. The molecule has 0 aliphatic heterocycles. The zero-order chi connectivity index (χ0) is 8.48. The Morgan fingerprint density at radius 2 is 2.64 bits per heavy atom. The summed E-state index contributed by atoms with van der Waals surface area (Å²) in [5.41, 5.74) is -1.13. The molecule has 0 aromatic rings. The number of nitrogens with zero attached hydrogens (tertiary/aromatic N) is 1. The summed E-state index contributed by atoms with van der Waals surface area (Å²) in [4.78, 5) is 10.1. The average Bonchev–Trinajstić information content (AvgIpc) is 2.62. The van der Waals surface area contributed by atoms with Gasteiger partial charge in [-0.05, 0) is 0 Å². The minimum absolute atomic E-state index is 0.136. The van der Waals surface area contributed by atoms with E-state index in [1.54, 1.807) is 0 Å². The maximum atomic E-state index is 10.1. The lowest BCUT2D eigenvalue weighted by molar-refractivity contribution is 0.0583. The fraction of sp³-hybridized carbons (Fsp3) is 0.429. The van der Waals surface area contributed by atoms with Crippen molar-refractivity contribution in [3.8, 4) is 6.07 Å². The third kappa shape index (κ3) is 1.17. The second kappa shape index (κ2) is 2.27. The van der Waals surface area contributed by atoms with Crippen LogP contribution in [0.2, 0.25) is 0 Å². The van der Waals surface area contributed by atoms with Crippen LogP contribution in [0.4, 0.5) is 4.79 Å². The highest BCUT2D eigenvalue weighted by Crippen LogP contribution is 2.47. The van der Waals surface area contributed by atoms with Crippen molar-refractivity contribution in [3.63, 3.8) is 0 Å². The van der Waals surface area contributed by atoms with Crippen LogP contribution in [0.15, 0.2) is 12.7 Å². The minimum atomic E-state index is -1.41. The normalized spacial score (nSPS) is 33.5. The molecule has 1 saturated carbocycles. The lowest BCUT2D eigenvalue weighted by Gasteiger charge is -2.04. The van der Waals surface area contributed by atoms with E-state index < -0.39 is 11.8 Å². The van der Waals surface area contributed by atoms with E-state index in [0.29, 0.717) is 6.42 Å². The first-order chi connectivity index (χ1) is 5.14. The second-order valence-electron chi connectivity index (χ2n) is 2.42. The van der Waals surface area contributed by atoms with Crippen molar-refractivity contribution in [2.45, 2.75) is 12.0 Å². The minimum Gasteiger partial charge on any atom is -0.450 e. The summed E-state index contributed by atoms with van der Waals surface area (Å²) in [6, 6.07) is 1.81. The number of hydrogen-bond donors (Lipinski definition) is 1. The molecule has 4 heteroatoms. The first-order valence-corrected chi connectivity index (χ1v) is 3.10. The summed E-state index contributed by atoms with van der Waals surface area (Å²) < 4.78 is 4.39. The molecule has 2 unspecified atom stereocenters. The molecule has 0 spiro atoms. The molecular weight excluding hydrogens is 146 g/mol. The van der Waals surface area contributed by atoms with Gasteiger partial charge in [0.15, 0.2) is 0 Å². The zero-order valence-electron chi connectivity index (χ0n) is 5.78. The van der Waals surface area contributed by atoms with Crippen LogP contribution in [0.1, 0.15) is 6.42 Å². The topological polar surface area (TPSA) is 70.3 Å². The van der Waals surface area contributed by atoms with Gasteiger partial charge in [-0.25, -0.2) is 4.79 Å². The molecule has 0 saturated heterocycles. The molecule has 4 nitrogen and oxygen atoms in total. The SMILES string of the molecule is C=CC1CC1(C#N)OC(=O)O. The lowest BCUT2D eigenvalue weighted by Crippen LogP contribution is -2.18. The molecule has 0 aromatic heterocycles. The Balaban J connectivity index is 2.61. The Morgan fingerprint density at radius 1 is 2.00 bits per heavy atom. The van der Waals surface area contributed by atoms with Crippen LogP contribution >= 0.6 is 0 Å². The third-order valence-corrected chi connectivity index (χ3v) is 1.71. The van der Waals surface area contributed by atoms with Crippen LogP contribution in [0.25, 0.3) is 0 Å². The average molecular weight is 153 g/mol. The Kier molecular flexibility index (Phi) is 1.57. The van der Waals surface area contributed by atoms with Crippen molar-refractivity contribution in [2.75, 3.05) is 0 Å². The summed E-state index contributed by atoms with van der Waals surface area (Å²) in [6.07, 6.45) is 0.557. The van der Waals surface area contributed by atoms with E-state index in [9.17, 15) is 4.79 Å². The second-order valence-corrected chi connectivity index (χ2v) is 2.42. The summed E-state index contributed by atoms with van der Waals surface area (Å²) >= 11 is 0.